The molecule has 160 valence electrons. The first-order chi connectivity index (χ1) is 14.7. The quantitative estimate of drug-likeness (QED) is 0.648. The zero-order valence-corrected chi connectivity index (χ0v) is 16.4. The van der Waals surface area contributed by atoms with Gasteiger partial charge in [-0.2, -0.15) is 13.2 Å². The van der Waals surface area contributed by atoms with Gasteiger partial charge in [0.25, 0.3) is 11.5 Å². The highest BCUT2D eigenvalue weighted by Crippen LogP contribution is 2.58. The number of halogens is 3. The summed E-state index contributed by atoms with van der Waals surface area (Å²) in [6.45, 7) is 1.69. The van der Waals surface area contributed by atoms with Crippen molar-refractivity contribution in [1.29, 1.82) is 0 Å². The fraction of sp³-hybridized carbons (Fsp3) is 0.286. The summed E-state index contributed by atoms with van der Waals surface area (Å²) >= 11 is 0. The Morgan fingerprint density at radius 1 is 1.16 bits per heavy atom. The standard InChI is InChI=1S/C21H18F3N5O2/c1-12(13-3-5-14(6-4-13)20(7-8-20)21(22,23)24)27-19(31)15-11-16(30)29-18(28-15)17-25-9-2-10-26-17/h2-6,9-12H,7-8H2,1H3,(H,27,31)(H,28,29,30). The van der Waals surface area contributed by atoms with E-state index < -0.39 is 29.1 Å². The van der Waals surface area contributed by atoms with Crippen LogP contribution in [0.15, 0.2) is 53.6 Å². The van der Waals surface area contributed by atoms with E-state index in [1.807, 2.05) is 0 Å². The second-order valence-corrected chi connectivity index (χ2v) is 7.45. The van der Waals surface area contributed by atoms with E-state index in [9.17, 15) is 22.8 Å². The lowest BCUT2D eigenvalue weighted by Gasteiger charge is -2.21. The topological polar surface area (TPSA) is 101 Å². The molecule has 2 heterocycles. The molecule has 4 rings (SSSR count). The van der Waals surface area contributed by atoms with E-state index in [2.05, 4.69) is 25.3 Å². The first kappa shape index (κ1) is 20.7. The lowest BCUT2D eigenvalue weighted by Crippen LogP contribution is -2.30. The van der Waals surface area contributed by atoms with Crippen LogP contribution in [0, 0.1) is 0 Å². The van der Waals surface area contributed by atoms with Gasteiger partial charge < -0.3 is 10.3 Å². The number of hydrogen-bond donors (Lipinski definition) is 2. The molecule has 1 atom stereocenters. The molecule has 0 spiro atoms. The summed E-state index contributed by atoms with van der Waals surface area (Å²) < 4.78 is 39.9. The van der Waals surface area contributed by atoms with Gasteiger partial charge in [0.05, 0.1) is 11.5 Å². The summed E-state index contributed by atoms with van der Waals surface area (Å²) in [5.74, 6) is -0.387. The fourth-order valence-corrected chi connectivity index (χ4v) is 3.41. The lowest BCUT2D eigenvalue weighted by atomic mass is 9.93. The van der Waals surface area contributed by atoms with E-state index in [-0.39, 0.29) is 35.7 Å². The van der Waals surface area contributed by atoms with Gasteiger partial charge in [0.15, 0.2) is 11.6 Å². The summed E-state index contributed by atoms with van der Waals surface area (Å²) in [5, 5.41) is 2.71. The highest BCUT2D eigenvalue weighted by molar-refractivity contribution is 5.92. The molecule has 10 heteroatoms. The molecular weight excluding hydrogens is 411 g/mol. The van der Waals surface area contributed by atoms with Crippen LogP contribution in [0.1, 0.15) is 47.4 Å². The van der Waals surface area contributed by atoms with Crippen LogP contribution in [0.5, 0.6) is 0 Å². The summed E-state index contributed by atoms with van der Waals surface area (Å²) in [6, 6.07) is 8.19. The highest BCUT2D eigenvalue weighted by Gasteiger charge is 2.64. The van der Waals surface area contributed by atoms with Crippen molar-refractivity contribution >= 4 is 5.91 Å². The van der Waals surface area contributed by atoms with Gasteiger partial charge in [0.2, 0.25) is 0 Å². The number of amides is 1. The Balaban J connectivity index is 1.50. The second kappa shape index (κ2) is 7.60. The van der Waals surface area contributed by atoms with Crippen LogP contribution < -0.4 is 10.9 Å². The molecule has 0 aliphatic heterocycles. The van der Waals surface area contributed by atoms with E-state index in [1.165, 1.54) is 24.5 Å². The maximum Gasteiger partial charge on any atom is 0.398 e. The number of nitrogens with one attached hydrogen (secondary N) is 2. The third kappa shape index (κ3) is 4.05. The molecule has 1 aromatic carbocycles. The Labute approximate surface area is 174 Å². The molecule has 2 aromatic heterocycles. The first-order valence-corrected chi connectivity index (χ1v) is 9.56. The van der Waals surface area contributed by atoms with Crippen LogP contribution in [0.2, 0.25) is 0 Å². The highest BCUT2D eigenvalue weighted by atomic mass is 19.4. The predicted octanol–water partition coefficient (Wildman–Crippen LogP) is 3.31. The van der Waals surface area contributed by atoms with Crippen LogP contribution in [0.25, 0.3) is 11.6 Å². The van der Waals surface area contributed by atoms with Crippen molar-refractivity contribution in [2.75, 3.05) is 0 Å². The van der Waals surface area contributed by atoms with Gasteiger partial charge in [-0.1, -0.05) is 24.3 Å². The van der Waals surface area contributed by atoms with E-state index >= 15 is 0 Å². The minimum atomic E-state index is -4.28. The van der Waals surface area contributed by atoms with E-state index in [0.29, 0.717) is 5.56 Å². The molecule has 3 aromatic rings. The number of rotatable bonds is 5. The molecule has 2 N–H and O–H groups in total. The summed E-state index contributed by atoms with van der Waals surface area (Å²) in [5.41, 5.74) is -1.55. The average molecular weight is 429 g/mol. The maximum atomic E-state index is 13.3. The van der Waals surface area contributed by atoms with Crippen LogP contribution in [-0.4, -0.2) is 32.0 Å². The van der Waals surface area contributed by atoms with Crippen molar-refractivity contribution < 1.29 is 18.0 Å². The monoisotopic (exact) mass is 429 g/mol. The van der Waals surface area contributed by atoms with Crippen LogP contribution in [0.3, 0.4) is 0 Å². The van der Waals surface area contributed by atoms with Gasteiger partial charge in [-0.25, -0.2) is 15.0 Å². The predicted molar refractivity (Wildman–Crippen MR) is 105 cm³/mol. The van der Waals surface area contributed by atoms with Crippen molar-refractivity contribution in [1.82, 2.24) is 25.3 Å². The Morgan fingerprint density at radius 2 is 1.81 bits per heavy atom. The lowest BCUT2D eigenvalue weighted by molar-refractivity contribution is -0.160. The molecule has 0 saturated heterocycles. The number of hydrogen-bond acceptors (Lipinski definition) is 5. The van der Waals surface area contributed by atoms with Crippen molar-refractivity contribution in [3.8, 4) is 11.6 Å². The van der Waals surface area contributed by atoms with E-state index in [0.717, 1.165) is 6.07 Å². The molecule has 1 fully saturated rings. The van der Waals surface area contributed by atoms with Crippen molar-refractivity contribution in [2.45, 2.75) is 37.4 Å². The summed E-state index contributed by atoms with van der Waals surface area (Å²) in [6.07, 6.45) is -1.15. The van der Waals surface area contributed by atoms with E-state index in [1.54, 1.807) is 25.1 Å². The second-order valence-electron chi connectivity index (χ2n) is 7.45. The zero-order chi connectivity index (χ0) is 22.2. The van der Waals surface area contributed by atoms with Crippen LogP contribution in [0.4, 0.5) is 13.2 Å². The Bertz CT molecular complexity index is 1160. The number of benzene rings is 1. The molecule has 1 unspecified atom stereocenters. The third-order valence-electron chi connectivity index (χ3n) is 5.36. The molecule has 1 aliphatic carbocycles. The minimum Gasteiger partial charge on any atom is -0.344 e. The molecule has 1 saturated carbocycles. The fourth-order valence-electron chi connectivity index (χ4n) is 3.41. The maximum absolute atomic E-state index is 13.3. The number of nitrogens with zero attached hydrogens (tertiary/aromatic N) is 3. The average Bonchev–Trinajstić information content (AvgIpc) is 3.56. The van der Waals surface area contributed by atoms with Gasteiger partial charge in [0, 0.05) is 18.5 Å². The molecule has 1 amide bonds. The van der Waals surface area contributed by atoms with Gasteiger partial charge in [0.1, 0.15) is 5.69 Å². The Hall–Kier alpha value is -3.56. The largest absolute Gasteiger partial charge is 0.398 e. The Kier molecular flexibility index (Phi) is 5.08. The van der Waals surface area contributed by atoms with Crippen LogP contribution in [-0.2, 0) is 5.41 Å². The summed E-state index contributed by atoms with van der Waals surface area (Å²) in [7, 11) is 0. The van der Waals surface area contributed by atoms with E-state index in [4.69, 9.17) is 0 Å². The third-order valence-corrected chi connectivity index (χ3v) is 5.36. The number of aromatic amines is 1. The van der Waals surface area contributed by atoms with Crippen molar-refractivity contribution in [3.05, 3.63) is 76.0 Å². The SMILES string of the molecule is CC(NC(=O)c1cc(=O)[nH]c(-c2ncccn2)n1)c1ccc(C2(C(F)(F)F)CC2)cc1. The molecule has 7 nitrogen and oxygen atoms in total. The smallest absolute Gasteiger partial charge is 0.344 e. The van der Waals surface area contributed by atoms with Gasteiger partial charge >= 0.3 is 6.18 Å². The van der Waals surface area contributed by atoms with Crippen LogP contribution >= 0.6 is 0 Å². The molecule has 31 heavy (non-hydrogen) atoms. The summed E-state index contributed by atoms with van der Waals surface area (Å²) in [4.78, 5) is 39.1. The number of H-pyrrole nitrogens is 1. The number of alkyl halides is 3. The first-order valence-electron chi connectivity index (χ1n) is 9.56. The number of carbonyl (C=O) groups excluding carboxylic acids is 1. The molecule has 0 bridgehead atoms. The van der Waals surface area contributed by atoms with Gasteiger partial charge in [-0.15, -0.1) is 0 Å². The Morgan fingerprint density at radius 3 is 2.39 bits per heavy atom. The minimum absolute atomic E-state index is 0.0529. The normalized spacial score (nSPS) is 15.9. The molecular formula is C21H18F3N5O2. The number of carbonyl (C=O) groups is 1. The molecule has 0 radical (unpaired) electrons. The molecule has 1 aliphatic rings. The number of aromatic nitrogens is 4. The van der Waals surface area contributed by atoms with Gasteiger partial charge in [-0.3, -0.25) is 9.59 Å². The van der Waals surface area contributed by atoms with Crippen molar-refractivity contribution in [3.63, 3.8) is 0 Å². The van der Waals surface area contributed by atoms with Crippen molar-refractivity contribution in [2.24, 2.45) is 0 Å². The zero-order valence-electron chi connectivity index (χ0n) is 16.4. The van der Waals surface area contributed by atoms with Gasteiger partial charge in [-0.05, 0) is 37.0 Å².